The molecule has 144 valence electrons. The van der Waals surface area contributed by atoms with E-state index in [9.17, 15) is 9.59 Å². The molecule has 1 fully saturated rings. The quantitative estimate of drug-likeness (QED) is 0.821. The highest BCUT2D eigenvalue weighted by molar-refractivity contribution is 5.83. The Morgan fingerprint density at radius 3 is 2.59 bits per heavy atom. The summed E-state index contributed by atoms with van der Waals surface area (Å²) in [7, 11) is 0. The summed E-state index contributed by atoms with van der Waals surface area (Å²) in [5, 5.41) is 3.89. The second kappa shape index (κ2) is 8.35. The van der Waals surface area contributed by atoms with Crippen LogP contribution in [0.3, 0.4) is 0 Å². The van der Waals surface area contributed by atoms with Crippen LogP contribution in [0.25, 0.3) is 0 Å². The monoisotopic (exact) mass is 370 g/mol. The summed E-state index contributed by atoms with van der Waals surface area (Å²) in [6, 6.07) is 9.68. The summed E-state index contributed by atoms with van der Waals surface area (Å²) in [6.45, 7) is 5.91. The number of rotatable bonds is 6. The molecule has 0 radical (unpaired) electrons. The minimum atomic E-state index is -0.462. The van der Waals surface area contributed by atoms with Crippen LogP contribution in [0, 0.1) is 13.8 Å². The predicted octanol–water partition coefficient (Wildman–Crippen LogP) is 1.07. The zero-order chi connectivity index (χ0) is 19.4. The number of hydrogen-bond acceptors (Lipinski definition) is 5. The van der Waals surface area contributed by atoms with E-state index in [0.717, 1.165) is 24.2 Å². The van der Waals surface area contributed by atoms with Crippen LogP contribution in [-0.4, -0.2) is 59.0 Å². The number of carbonyl (C=O) groups excluding carboxylic acids is 2. The summed E-state index contributed by atoms with van der Waals surface area (Å²) in [6.07, 6.45) is 1.08. The predicted molar refractivity (Wildman–Crippen MR) is 101 cm³/mol. The van der Waals surface area contributed by atoms with Crippen molar-refractivity contribution in [1.82, 2.24) is 15.0 Å². The van der Waals surface area contributed by atoms with Gasteiger partial charge in [0.05, 0.1) is 12.1 Å². The van der Waals surface area contributed by atoms with E-state index in [4.69, 9.17) is 10.3 Å². The fourth-order valence-corrected chi connectivity index (χ4v) is 3.52. The molecule has 1 aliphatic rings. The molecule has 0 saturated carbocycles. The average Bonchev–Trinajstić information content (AvgIpc) is 2.99. The largest absolute Gasteiger partial charge is 0.368 e. The second-order valence-corrected chi connectivity index (χ2v) is 7.01. The molecule has 7 nitrogen and oxygen atoms in total. The van der Waals surface area contributed by atoms with Gasteiger partial charge in [0, 0.05) is 31.7 Å². The third-order valence-corrected chi connectivity index (χ3v) is 5.21. The number of amides is 2. The number of aromatic nitrogens is 1. The maximum absolute atomic E-state index is 12.7. The van der Waals surface area contributed by atoms with Gasteiger partial charge in [0.25, 0.3) is 0 Å². The summed E-state index contributed by atoms with van der Waals surface area (Å²) in [5.74, 6) is 0.241. The lowest BCUT2D eigenvalue weighted by molar-refractivity contribution is -0.136. The van der Waals surface area contributed by atoms with Crippen molar-refractivity contribution in [2.75, 3.05) is 26.2 Å². The maximum atomic E-state index is 12.7. The van der Waals surface area contributed by atoms with E-state index in [1.54, 1.807) is 11.8 Å². The number of benzene rings is 1. The van der Waals surface area contributed by atoms with Gasteiger partial charge in [-0.1, -0.05) is 35.5 Å². The molecule has 2 aromatic rings. The number of aryl methyl sites for hydroxylation is 2. The molecule has 2 heterocycles. The van der Waals surface area contributed by atoms with Crippen molar-refractivity contribution >= 4 is 11.8 Å². The van der Waals surface area contributed by atoms with E-state index < -0.39 is 11.9 Å². The lowest BCUT2D eigenvalue weighted by Crippen LogP contribution is -2.59. The Labute approximate surface area is 159 Å². The minimum absolute atomic E-state index is 0.0293. The van der Waals surface area contributed by atoms with Crippen molar-refractivity contribution in [3.63, 3.8) is 0 Å². The maximum Gasteiger partial charge on any atom is 0.236 e. The molecular formula is C20H26N4O3. The van der Waals surface area contributed by atoms with Gasteiger partial charge in [0.15, 0.2) is 0 Å². The van der Waals surface area contributed by atoms with Gasteiger partial charge >= 0.3 is 0 Å². The Morgan fingerprint density at radius 2 is 1.96 bits per heavy atom. The molecule has 2 N–H and O–H groups in total. The van der Waals surface area contributed by atoms with Crippen LogP contribution < -0.4 is 5.73 Å². The minimum Gasteiger partial charge on any atom is -0.368 e. The van der Waals surface area contributed by atoms with Gasteiger partial charge in [-0.05, 0) is 25.8 Å². The third kappa shape index (κ3) is 4.54. The first-order valence-corrected chi connectivity index (χ1v) is 9.22. The van der Waals surface area contributed by atoms with E-state index in [-0.39, 0.29) is 12.3 Å². The summed E-state index contributed by atoms with van der Waals surface area (Å²) < 4.78 is 5.13. The van der Waals surface area contributed by atoms with Crippen molar-refractivity contribution in [3.8, 4) is 0 Å². The SMILES string of the molecule is Cc1noc(C)c1CC(=O)N1CCN(CCc2ccccc2)[C@@H](C(N)=O)C1. The van der Waals surface area contributed by atoms with Gasteiger partial charge in [-0.3, -0.25) is 14.5 Å². The highest BCUT2D eigenvalue weighted by atomic mass is 16.5. The van der Waals surface area contributed by atoms with Crippen LogP contribution in [0.1, 0.15) is 22.6 Å². The molecular weight excluding hydrogens is 344 g/mol. The van der Waals surface area contributed by atoms with Crippen molar-refractivity contribution < 1.29 is 14.1 Å². The van der Waals surface area contributed by atoms with Crippen LogP contribution >= 0.6 is 0 Å². The van der Waals surface area contributed by atoms with Gasteiger partial charge in [0.2, 0.25) is 11.8 Å². The zero-order valence-electron chi connectivity index (χ0n) is 15.9. The second-order valence-electron chi connectivity index (χ2n) is 7.01. The van der Waals surface area contributed by atoms with Crippen molar-refractivity contribution in [2.45, 2.75) is 32.7 Å². The van der Waals surface area contributed by atoms with E-state index in [0.29, 0.717) is 25.4 Å². The van der Waals surface area contributed by atoms with Crippen molar-refractivity contribution in [2.24, 2.45) is 5.73 Å². The summed E-state index contributed by atoms with van der Waals surface area (Å²) in [4.78, 5) is 28.5. The Morgan fingerprint density at radius 1 is 1.22 bits per heavy atom. The molecule has 0 aliphatic carbocycles. The van der Waals surface area contributed by atoms with Gasteiger partial charge in [0.1, 0.15) is 11.8 Å². The fraction of sp³-hybridized carbons (Fsp3) is 0.450. The van der Waals surface area contributed by atoms with Gasteiger partial charge < -0.3 is 15.2 Å². The number of nitrogens with zero attached hydrogens (tertiary/aromatic N) is 3. The Balaban J connectivity index is 1.61. The number of hydrogen-bond donors (Lipinski definition) is 1. The lowest BCUT2D eigenvalue weighted by Gasteiger charge is -2.40. The number of primary amides is 1. The number of piperazine rings is 1. The van der Waals surface area contributed by atoms with Crippen LogP contribution in [0.4, 0.5) is 0 Å². The molecule has 3 rings (SSSR count). The normalized spacial score (nSPS) is 17.9. The van der Waals surface area contributed by atoms with E-state index in [1.165, 1.54) is 5.56 Å². The first-order valence-electron chi connectivity index (χ1n) is 9.22. The molecule has 1 aromatic carbocycles. The van der Waals surface area contributed by atoms with E-state index >= 15 is 0 Å². The standard InChI is InChI=1S/C20H26N4O3/c1-14-17(15(2)27-22-14)12-19(25)24-11-10-23(18(13-24)20(21)26)9-8-16-6-4-3-5-7-16/h3-7,18H,8-13H2,1-2H3,(H2,21,26)/t18-/m1/s1. The first-order chi connectivity index (χ1) is 13.0. The smallest absolute Gasteiger partial charge is 0.236 e. The van der Waals surface area contributed by atoms with E-state index in [2.05, 4.69) is 22.2 Å². The lowest BCUT2D eigenvalue weighted by atomic mass is 10.1. The molecule has 2 amide bonds. The van der Waals surface area contributed by atoms with E-state index in [1.807, 2.05) is 25.1 Å². The average molecular weight is 370 g/mol. The topological polar surface area (TPSA) is 92.7 Å². The highest BCUT2D eigenvalue weighted by Gasteiger charge is 2.33. The van der Waals surface area contributed by atoms with Crippen molar-refractivity contribution in [3.05, 3.63) is 52.9 Å². The molecule has 1 atom stereocenters. The van der Waals surface area contributed by atoms with Crippen molar-refractivity contribution in [1.29, 1.82) is 0 Å². The number of carbonyl (C=O) groups is 2. The van der Waals surface area contributed by atoms with Gasteiger partial charge in [-0.2, -0.15) is 0 Å². The third-order valence-electron chi connectivity index (χ3n) is 5.21. The highest BCUT2D eigenvalue weighted by Crippen LogP contribution is 2.17. The molecule has 1 saturated heterocycles. The fourth-order valence-electron chi connectivity index (χ4n) is 3.52. The molecule has 27 heavy (non-hydrogen) atoms. The summed E-state index contributed by atoms with van der Waals surface area (Å²) in [5.41, 5.74) is 8.40. The van der Waals surface area contributed by atoms with Crippen LogP contribution in [-0.2, 0) is 22.4 Å². The molecule has 0 bridgehead atoms. The molecule has 7 heteroatoms. The Kier molecular flexibility index (Phi) is 5.91. The Bertz CT molecular complexity index is 783. The van der Waals surface area contributed by atoms with Gasteiger partial charge in [-0.15, -0.1) is 0 Å². The number of nitrogens with two attached hydrogens (primary N) is 1. The molecule has 1 aliphatic heterocycles. The van der Waals surface area contributed by atoms with Crippen LogP contribution in [0.5, 0.6) is 0 Å². The molecule has 1 aromatic heterocycles. The molecule has 0 spiro atoms. The summed E-state index contributed by atoms with van der Waals surface area (Å²) >= 11 is 0. The molecule has 0 unspecified atom stereocenters. The van der Waals surface area contributed by atoms with Crippen LogP contribution in [0.15, 0.2) is 34.9 Å². The first kappa shape index (κ1) is 19.1. The van der Waals surface area contributed by atoms with Gasteiger partial charge in [-0.25, -0.2) is 0 Å². The van der Waals surface area contributed by atoms with Crippen LogP contribution in [0.2, 0.25) is 0 Å². The zero-order valence-corrected chi connectivity index (χ0v) is 15.9. The Hall–Kier alpha value is -2.67.